The highest BCUT2D eigenvalue weighted by atomic mass is 16.5. The van der Waals surface area contributed by atoms with Crippen molar-refractivity contribution in [2.24, 2.45) is 0 Å². The number of nitrogens with one attached hydrogen (secondary N) is 1. The van der Waals surface area contributed by atoms with Gasteiger partial charge in [0.25, 0.3) is 0 Å². The Morgan fingerprint density at radius 3 is 2.45 bits per heavy atom. The standard InChI is InChI=1S/C23H25NO5/c1-14-18-8-10-20(28-3)15(2)22(18)29-23(27)19(14)9-11-21(26)24-17-6-4-16(5-7-17)12-13-25/h4-8,10,25H,9,11-13H2,1-3H3,(H,24,26). The van der Waals surface area contributed by atoms with Gasteiger partial charge >= 0.3 is 5.63 Å². The van der Waals surface area contributed by atoms with Crippen LogP contribution in [-0.2, 0) is 17.6 Å². The summed E-state index contributed by atoms with van der Waals surface area (Å²) < 4.78 is 10.8. The Morgan fingerprint density at radius 2 is 1.79 bits per heavy atom. The van der Waals surface area contributed by atoms with Gasteiger partial charge in [0.2, 0.25) is 5.91 Å². The summed E-state index contributed by atoms with van der Waals surface area (Å²) in [7, 11) is 1.58. The molecule has 1 heterocycles. The van der Waals surface area contributed by atoms with Crippen LogP contribution in [0, 0.1) is 13.8 Å². The number of carbonyl (C=O) groups excluding carboxylic acids is 1. The Morgan fingerprint density at radius 1 is 1.07 bits per heavy atom. The first-order valence-electron chi connectivity index (χ1n) is 9.54. The molecule has 6 heteroatoms. The molecule has 1 amide bonds. The molecule has 29 heavy (non-hydrogen) atoms. The number of aliphatic hydroxyl groups is 1. The van der Waals surface area contributed by atoms with Gasteiger partial charge in [-0.05, 0) is 62.1 Å². The van der Waals surface area contributed by atoms with E-state index in [2.05, 4.69) is 5.32 Å². The molecule has 0 spiro atoms. The fraction of sp³-hybridized carbons (Fsp3) is 0.304. The molecule has 0 aliphatic rings. The number of aliphatic hydroxyl groups excluding tert-OH is 1. The second kappa shape index (κ2) is 8.92. The fourth-order valence-electron chi connectivity index (χ4n) is 3.43. The summed E-state index contributed by atoms with van der Waals surface area (Å²) in [6, 6.07) is 11.1. The van der Waals surface area contributed by atoms with Crippen molar-refractivity contribution >= 4 is 22.6 Å². The summed E-state index contributed by atoms with van der Waals surface area (Å²) in [5, 5.41) is 12.6. The first-order chi connectivity index (χ1) is 13.9. The van der Waals surface area contributed by atoms with Gasteiger partial charge in [-0.15, -0.1) is 0 Å². The van der Waals surface area contributed by atoms with Gasteiger partial charge in [0.05, 0.1) is 7.11 Å². The molecular weight excluding hydrogens is 370 g/mol. The Bertz CT molecular complexity index is 1080. The summed E-state index contributed by atoms with van der Waals surface area (Å²) in [5.74, 6) is 0.488. The lowest BCUT2D eigenvalue weighted by Gasteiger charge is -2.12. The van der Waals surface area contributed by atoms with Crippen molar-refractivity contribution in [3.05, 3.63) is 69.1 Å². The van der Waals surface area contributed by atoms with E-state index in [9.17, 15) is 9.59 Å². The molecule has 6 nitrogen and oxygen atoms in total. The van der Waals surface area contributed by atoms with Crippen LogP contribution in [-0.4, -0.2) is 24.7 Å². The van der Waals surface area contributed by atoms with Crippen LogP contribution in [0.5, 0.6) is 5.75 Å². The van der Waals surface area contributed by atoms with E-state index in [1.807, 2.05) is 38.1 Å². The third-order valence-electron chi connectivity index (χ3n) is 5.11. The highest BCUT2D eigenvalue weighted by Crippen LogP contribution is 2.29. The zero-order chi connectivity index (χ0) is 21.0. The monoisotopic (exact) mass is 395 g/mol. The van der Waals surface area contributed by atoms with E-state index < -0.39 is 5.63 Å². The zero-order valence-corrected chi connectivity index (χ0v) is 16.9. The predicted molar refractivity (Wildman–Crippen MR) is 113 cm³/mol. The van der Waals surface area contributed by atoms with Crippen molar-refractivity contribution in [3.8, 4) is 5.75 Å². The quantitative estimate of drug-likeness (QED) is 0.598. The molecule has 0 bridgehead atoms. The average Bonchev–Trinajstić information content (AvgIpc) is 2.70. The number of aryl methyl sites for hydroxylation is 2. The second-order valence-electron chi connectivity index (χ2n) is 6.98. The van der Waals surface area contributed by atoms with E-state index in [1.54, 1.807) is 19.2 Å². The van der Waals surface area contributed by atoms with Crippen LogP contribution in [0.15, 0.2) is 45.6 Å². The van der Waals surface area contributed by atoms with Crippen LogP contribution in [0.3, 0.4) is 0 Å². The number of carbonyl (C=O) groups is 1. The Kier molecular flexibility index (Phi) is 6.34. The van der Waals surface area contributed by atoms with Crippen molar-refractivity contribution in [2.45, 2.75) is 33.1 Å². The number of ether oxygens (including phenoxy) is 1. The molecule has 3 rings (SSSR count). The van der Waals surface area contributed by atoms with Gasteiger partial charge in [-0.2, -0.15) is 0 Å². The van der Waals surface area contributed by atoms with E-state index in [4.69, 9.17) is 14.3 Å². The van der Waals surface area contributed by atoms with Crippen molar-refractivity contribution in [1.82, 2.24) is 0 Å². The van der Waals surface area contributed by atoms with Gasteiger partial charge in [-0.3, -0.25) is 4.79 Å². The second-order valence-corrected chi connectivity index (χ2v) is 6.98. The molecule has 0 fully saturated rings. The maximum Gasteiger partial charge on any atom is 0.339 e. The van der Waals surface area contributed by atoms with Gasteiger partial charge in [-0.1, -0.05) is 12.1 Å². The van der Waals surface area contributed by atoms with Gasteiger partial charge in [0.1, 0.15) is 11.3 Å². The fourth-order valence-corrected chi connectivity index (χ4v) is 3.43. The van der Waals surface area contributed by atoms with Crippen molar-refractivity contribution in [1.29, 1.82) is 0 Å². The van der Waals surface area contributed by atoms with Crippen molar-refractivity contribution in [2.75, 3.05) is 19.0 Å². The largest absolute Gasteiger partial charge is 0.496 e. The van der Waals surface area contributed by atoms with E-state index in [0.717, 1.165) is 22.1 Å². The molecule has 0 atom stereocenters. The summed E-state index contributed by atoms with van der Waals surface area (Å²) in [6.45, 7) is 3.81. The number of methoxy groups -OCH3 is 1. The molecule has 1 aromatic heterocycles. The molecule has 0 saturated heterocycles. The van der Waals surface area contributed by atoms with Crippen molar-refractivity contribution < 1.29 is 19.1 Å². The van der Waals surface area contributed by atoms with Crippen molar-refractivity contribution in [3.63, 3.8) is 0 Å². The van der Waals surface area contributed by atoms with Gasteiger partial charge in [0.15, 0.2) is 0 Å². The van der Waals surface area contributed by atoms with E-state index >= 15 is 0 Å². The van der Waals surface area contributed by atoms with Crippen LogP contribution < -0.4 is 15.7 Å². The Hall–Kier alpha value is -3.12. The van der Waals surface area contributed by atoms with Gasteiger partial charge < -0.3 is 19.6 Å². The number of hydrogen-bond acceptors (Lipinski definition) is 5. The minimum Gasteiger partial charge on any atom is -0.496 e. The lowest BCUT2D eigenvalue weighted by Crippen LogP contribution is -2.16. The summed E-state index contributed by atoms with van der Waals surface area (Å²) in [5.41, 5.74) is 3.89. The minimum absolute atomic E-state index is 0.0890. The van der Waals surface area contributed by atoms with Gasteiger partial charge in [0, 0.05) is 35.2 Å². The first-order valence-corrected chi connectivity index (χ1v) is 9.54. The third kappa shape index (κ3) is 4.49. The number of fused-ring (bicyclic) bond motifs is 1. The number of rotatable bonds is 7. The first kappa shape index (κ1) is 20.6. The summed E-state index contributed by atoms with van der Waals surface area (Å²) in [6.07, 6.45) is 1.05. The number of hydrogen-bond donors (Lipinski definition) is 2. The highest BCUT2D eigenvalue weighted by Gasteiger charge is 2.16. The molecule has 0 radical (unpaired) electrons. The molecule has 0 unspecified atom stereocenters. The smallest absolute Gasteiger partial charge is 0.339 e. The maximum atomic E-state index is 12.5. The molecule has 0 aliphatic heterocycles. The molecule has 152 valence electrons. The Balaban J connectivity index is 1.74. The normalized spacial score (nSPS) is 10.9. The number of amides is 1. The van der Waals surface area contributed by atoms with E-state index in [1.165, 1.54) is 0 Å². The predicted octanol–water partition coefficient (Wildman–Crippen LogP) is 3.52. The summed E-state index contributed by atoms with van der Waals surface area (Å²) >= 11 is 0. The van der Waals surface area contributed by atoms with E-state index in [0.29, 0.717) is 35.4 Å². The number of benzene rings is 2. The summed E-state index contributed by atoms with van der Waals surface area (Å²) in [4.78, 5) is 24.8. The average molecular weight is 395 g/mol. The lowest BCUT2D eigenvalue weighted by atomic mass is 10.00. The van der Waals surface area contributed by atoms with Crippen LogP contribution in [0.4, 0.5) is 5.69 Å². The lowest BCUT2D eigenvalue weighted by molar-refractivity contribution is -0.116. The maximum absolute atomic E-state index is 12.5. The van der Waals surface area contributed by atoms with Crippen LogP contribution in [0.1, 0.15) is 28.7 Å². The molecule has 0 saturated carbocycles. The van der Waals surface area contributed by atoms with Gasteiger partial charge in [-0.25, -0.2) is 4.79 Å². The molecule has 2 aromatic carbocycles. The molecule has 0 aliphatic carbocycles. The van der Waals surface area contributed by atoms with E-state index in [-0.39, 0.29) is 18.9 Å². The SMILES string of the molecule is COc1ccc2c(C)c(CCC(=O)Nc3ccc(CCO)cc3)c(=O)oc2c1C. The van der Waals surface area contributed by atoms with Crippen LogP contribution in [0.2, 0.25) is 0 Å². The highest BCUT2D eigenvalue weighted by molar-refractivity contribution is 5.91. The zero-order valence-electron chi connectivity index (χ0n) is 16.9. The molecule has 3 aromatic rings. The molecule has 2 N–H and O–H groups in total. The minimum atomic E-state index is -0.424. The topological polar surface area (TPSA) is 88.8 Å². The third-order valence-corrected chi connectivity index (χ3v) is 5.11. The number of anilines is 1. The van der Waals surface area contributed by atoms with Crippen LogP contribution >= 0.6 is 0 Å². The molecular formula is C23H25NO5. The van der Waals surface area contributed by atoms with Crippen LogP contribution in [0.25, 0.3) is 11.0 Å². The Labute approximate surface area is 169 Å².